The molecule has 0 bridgehead atoms. The topological polar surface area (TPSA) is 61.6 Å². The molecule has 0 fully saturated rings. The van der Waals surface area contributed by atoms with Crippen molar-refractivity contribution in [3.63, 3.8) is 0 Å². The number of carbonyl (C=O) groups excluding carboxylic acids is 1. The number of amides is 1. The van der Waals surface area contributed by atoms with Crippen molar-refractivity contribution in [2.24, 2.45) is 5.73 Å². The maximum atomic E-state index is 13.0. The van der Waals surface area contributed by atoms with E-state index in [2.05, 4.69) is 4.74 Å². The van der Waals surface area contributed by atoms with Gasteiger partial charge in [0.25, 0.3) is 0 Å². The second kappa shape index (κ2) is 5.74. The molecule has 2 N–H and O–H groups in total. The highest BCUT2D eigenvalue weighted by molar-refractivity contribution is 14.1. The van der Waals surface area contributed by atoms with Crippen molar-refractivity contribution in [1.82, 2.24) is 0 Å². The standard InChI is InChI=1S/C9H9FINO3/c10-7-5-6(1-2-8(7)11)14-3-4-15-9(12)13/h1-2,5H,3-4H2,(H2,12,13). The number of nitrogens with two attached hydrogens (primary N) is 1. The van der Waals surface area contributed by atoms with E-state index < -0.39 is 6.09 Å². The van der Waals surface area contributed by atoms with Crippen LogP contribution in [0.5, 0.6) is 5.75 Å². The van der Waals surface area contributed by atoms with Gasteiger partial charge in [0.15, 0.2) is 0 Å². The van der Waals surface area contributed by atoms with E-state index in [1.165, 1.54) is 6.07 Å². The van der Waals surface area contributed by atoms with Gasteiger partial charge in [0.1, 0.15) is 24.8 Å². The van der Waals surface area contributed by atoms with Crippen molar-refractivity contribution in [3.8, 4) is 5.75 Å². The van der Waals surface area contributed by atoms with E-state index in [4.69, 9.17) is 10.5 Å². The van der Waals surface area contributed by atoms with E-state index in [1.807, 2.05) is 22.6 Å². The van der Waals surface area contributed by atoms with E-state index in [0.29, 0.717) is 9.32 Å². The summed E-state index contributed by atoms with van der Waals surface area (Å²) in [5, 5.41) is 0. The minimum absolute atomic E-state index is 0.0446. The lowest BCUT2D eigenvalue weighted by Gasteiger charge is -2.06. The summed E-state index contributed by atoms with van der Waals surface area (Å²) in [5.41, 5.74) is 4.74. The average Bonchev–Trinajstić information content (AvgIpc) is 2.18. The molecule has 1 amide bonds. The molecule has 0 saturated carbocycles. The molecule has 0 atom stereocenters. The number of hydrogen-bond donors (Lipinski definition) is 1. The maximum absolute atomic E-state index is 13.0. The molecule has 4 nitrogen and oxygen atoms in total. The van der Waals surface area contributed by atoms with Gasteiger partial charge >= 0.3 is 6.09 Å². The van der Waals surface area contributed by atoms with Crippen LogP contribution in [0.3, 0.4) is 0 Å². The number of rotatable bonds is 4. The number of carbonyl (C=O) groups is 1. The first-order chi connectivity index (χ1) is 7.09. The first kappa shape index (κ1) is 12.0. The van der Waals surface area contributed by atoms with Gasteiger partial charge in [-0.05, 0) is 34.7 Å². The molecule has 1 aromatic rings. The van der Waals surface area contributed by atoms with Crippen LogP contribution in [0.1, 0.15) is 0 Å². The molecule has 0 aliphatic carbocycles. The van der Waals surface area contributed by atoms with E-state index in [9.17, 15) is 9.18 Å². The number of ether oxygens (including phenoxy) is 2. The molecule has 0 radical (unpaired) electrons. The Morgan fingerprint density at radius 1 is 1.47 bits per heavy atom. The van der Waals surface area contributed by atoms with Crippen LogP contribution in [0, 0.1) is 9.39 Å². The third-order valence-electron chi connectivity index (χ3n) is 1.49. The van der Waals surface area contributed by atoms with Crippen LogP contribution in [0.4, 0.5) is 9.18 Å². The molecule has 0 spiro atoms. The molecule has 0 aliphatic rings. The summed E-state index contributed by atoms with van der Waals surface area (Å²) >= 11 is 1.88. The molecular weight excluding hydrogens is 316 g/mol. The zero-order chi connectivity index (χ0) is 11.3. The second-order valence-electron chi connectivity index (χ2n) is 2.59. The van der Waals surface area contributed by atoms with Crippen molar-refractivity contribution in [3.05, 3.63) is 27.6 Å². The Kier molecular flexibility index (Phi) is 4.60. The summed E-state index contributed by atoms with van der Waals surface area (Å²) in [4.78, 5) is 10.2. The Morgan fingerprint density at radius 2 is 2.20 bits per heavy atom. The molecular formula is C9H9FINO3. The summed E-state index contributed by atoms with van der Waals surface area (Å²) in [5.74, 6) is 0.0462. The summed E-state index contributed by atoms with van der Waals surface area (Å²) in [6.07, 6.45) is -0.854. The first-order valence-electron chi connectivity index (χ1n) is 4.09. The quantitative estimate of drug-likeness (QED) is 0.679. The monoisotopic (exact) mass is 325 g/mol. The van der Waals surface area contributed by atoms with E-state index in [0.717, 1.165) is 0 Å². The van der Waals surface area contributed by atoms with Gasteiger partial charge in [-0.15, -0.1) is 0 Å². The van der Waals surface area contributed by atoms with Crippen LogP contribution < -0.4 is 10.5 Å². The minimum atomic E-state index is -0.854. The van der Waals surface area contributed by atoms with Gasteiger partial charge in [-0.1, -0.05) is 0 Å². The number of primary amides is 1. The van der Waals surface area contributed by atoms with Crippen LogP contribution in [0.25, 0.3) is 0 Å². The van der Waals surface area contributed by atoms with Gasteiger partial charge in [0.05, 0.1) is 0 Å². The molecule has 15 heavy (non-hydrogen) atoms. The van der Waals surface area contributed by atoms with Crippen LogP contribution in [-0.2, 0) is 4.74 Å². The van der Waals surface area contributed by atoms with Crippen molar-refractivity contribution in [2.75, 3.05) is 13.2 Å². The Hall–Kier alpha value is -1.05. The van der Waals surface area contributed by atoms with Gasteiger partial charge in [-0.2, -0.15) is 0 Å². The molecule has 0 aliphatic heterocycles. The van der Waals surface area contributed by atoms with Crippen LogP contribution in [-0.4, -0.2) is 19.3 Å². The molecule has 0 aromatic heterocycles. The fourth-order valence-corrected chi connectivity index (χ4v) is 1.20. The summed E-state index contributed by atoms with van der Waals surface area (Å²) in [7, 11) is 0. The normalized spacial score (nSPS) is 9.73. The van der Waals surface area contributed by atoms with Gasteiger partial charge in [-0.3, -0.25) is 0 Å². The third kappa shape index (κ3) is 4.32. The lowest BCUT2D eigenvalue weighted by Crippen LogP contribution is -2.17. The smallest absolute Gasteiger partial charge is 0.404 e. The number of benzene rings is 1. The maximum Gasteiger partial charge on any atom is 0.404 e. The van der Waals surface area contributed by atoms with Crippen molar-refractivity contribution in [1.29, 1.82) is 0 Å². The van der Waals surface area contributed by atoms with Gasteiger partial charge in [0.2, 0.25) is 0 Å². The van der Waals surface area contributed by atoms with Crippen molar-refractivity contribution in [2.45, 2.75) is 0 Å². The number of hydrogen-bond acceptors (Lipinski definition) is 3. The first-order valence-corrected chi connectivity index (χ1v) is 5.17. The van der Waals surface area contributed by atoms with Crippen LogP contribution in [0.2, 0.25) is 0 Å². The van der Waals surface area contributed by atoms with Crippen molar-refractivity contribution >= 4 is 28.7 Å². The largest absolute Gasteiger partial charge is 0.490 e. The molecule has 0 unspecified atom stereocenters. The van der Waals surface area contributed by atoms with Gasteiger partial charge < -0.3 is 15.2 Å². The molecule has 1 rings (SSSR count). The SMILES string of the molecule is NC(=O)OCCOc1ccc(I)c(F)c1. The fourth-order valence-electron chi connectivity index (χ4n) is 0.868. The molecule has 1 aromatic carbocycles. The van der Waals surface area contributed by atoms with Gasteiger partial charge in [-0.25, -0.2) is 9.18 Å². The Labute approximate surface area is 99.7 Å². The minimum Gasteiger partial charge on any atom is -0.490 e. The van der Waals surface area contributed by atoms with Crippen LogP contribution in [0.15, 0.2) is 18.2 Å². The lowest BCUT2D eigenvalue weighted by atomic mass is 10.3. The summed E-state index contributed by atoms with van der Waals surface area (Å²) < 4.78 is 23.1. The highest BCUT2D eigenvalue weighted by Gasteiger charge is 2.01. The highest BCUT2D eigenvalue weighted by Crippen LogP contribution is 2.17. The molecule has 0 saturated heterocycles. The number of halogens is 2. The van der Waals surface area contributed by atoms with E-state index in [1.54, 1.807) is 12.1 Å². The predicted molar refractivity (Wildman–Crippen MR) is 60.1 cm³/mol. The Balaban J connectivity index is 2.38. The Morgan fingerprint density at radius 3 is 2.80 bits per heavy atom. The third-order valence-corrected chi connectivity index (χ3v) is 2.36. The summed E-state index contributed by atoms with van der Waals surface area (Å²) in [6, 6.07) is 4.50. The van der Waals surface area contributed by atoms with Gasteiger partial charge in [0, 0.05) is 9.64 Å². The zero-order valence-corrected chi connectivity index (χ0v) is 9.86. The van der Waals surface area contributed by atoms with E-state index >= 15 is 0 Å². The van der Waals surface area contributed by atoms with E-state index in [-0.39, 0.29) is 19.0 Å². The predicted octanol–water partition coefficient (Wildman–Crippen LogP) is 1.90. The summed E-state index contributed by atoms with van der Waals surface area (Å²) in [6.45, 7) is 0.186. The fraction of sp³-hybridized carbons (Fsp3) is 0.222. The Bertz CT molecular complexity index is 359. The average molecular weight is 325 g/mol. The molecule has 0 heterocycles. The lowest BCUT2D eigenvalue weighted by molar-refractivity contribution is 0.133. The second-order valence-corrected chi connectivity index (χ2v) is 3.75. The highest BCUT2D eigenvalue weighted by atomic mass is 127. The van der Waals surface area contributed by atoms with Crippen LogP contribution >= 0.6 is 22.6 Å². The zero-order valence-electron chi connectivity index (χ0n) is 7.70. The molecule has 82 valence electrons. The molecule has 6 heteroatoms. The van der Waals surface area contributed by atoms with Crippen molar-refractivity contribution < 1.29 is 18.7 Å².